The van der Waals surface area contributed by atoms with Crippen LogP contribution in [0.3, 0.4) is 0 Å². The van der Waals surface area contributed by atoms with E-state index in [-0.39, 0.29) is 11.1 Å². The maximum Gasteiger partial charge on any atom is 0.337 e. The van der Waals surface area contributed by atoms with Crippen molar-refractivity contribution in [3.8, 4) is 0 Å². The van der Waals surface area contributed by atoms with Gasteiger partial charge in [0.15, 0.2) is 0 Å². The van der Waals surface area contributed by atoms with Gasteiger partial charge in [0.05, 0.1) is 11.1 Å². The molecule has 0 aromatic carbocycles. The summed E-state index contributed by atoms with van der Waals surface area (Å²) in [5.74, 6) is -1.75. The Morgan fingerprint density at radius 3 is 2.63 bits per heavy atom. The maximum absolute atomic E-state index is 11.8. The summed E-state index contributed by atoms with van der Waals surface area (Å²) in [5.41, 5.74) is 1.90. The first-order chi connectivity index (χ1) is 9.08. The number of carboxylic acids is 1. The standard InChI is InChI=1S/C12H9N3O4/c16-10-4-3-9(12(18)19)7-15(10)14-11(17)8-2-1-5-13-6-8/h1-7H,(H,14,17)(H,18,19). The van der Waals surface area contributed by atoms with Crippen LogP contribution in [0.1, 0.15) is 20.7 Å². The molecule has 0 fully saturated rings. The highest BCUT2D eigenvalue weighted by Gasteiger charge is 2.09. The quantitative estimate of drug-likeness (QED) is 0.826. The third-order valence-electron chi connectivity index (χ3n) is 2.30. The highest BCUT2D eigenvalue weighted by molar-refractivity contribution is 5.99. The van der Waals surface area contributed by atoms with E-state index in [2.05, 4.69) is 10.4 Å². The van der Waals surface area contributed by atoms with Crippen LogP contribution in [-0.4, -0.2) is 26.6 Å². The van der Waals surface area contributed by atoms with Gasteiger partial charge in [-0.1, -0.05) is 0 Å². The molecule has 0 aliphatic carbocycles. The number of carboxylic acid groups (broad SMARTS) is 1. The van der Waals surface area contributed by atoms with E-state index >= 15 is 0 Å². The van der Waals surface area contributed by atoms with Gasteiger partial charge in [0.1, 0.15) is 0 Å². The summed E-state index contributed by atoms with van der Waals surface area (Å²) >= 11 is 0. The van der Waals surface area contributed by atoms with Crippen LogP contribution < -0.4 is 11.0 Å². The molecular formula is C12H9N3O4. The zero-order valence-electron chi connectivity index (χ0n) is 9.61. The minimum atomic E-state index is -1.19. The normalized spacial score (nSPS) is 9.89. The van der Waals surface area contributed by atoms with Gasteiger partial charge in [-0.15, -0.1) is 0 Å². The van der Waals surface area contributed by atoms with Gasteiger partial charge >= 0.3 is 5.97 Å². The number of carbonyl (C=O) groups excluding carboxylic acids is 1. The Balaban J connectivity index is 2.29. The summed E-state index contributed by atoms with van der Waals surface area (Å²) in [4.78, 5) is 37.8. The Morgan fingerprint density at radius 2 is 2.00 bits per heavy atom. The lowest BCUT2D eigenvalue weighted by atomic mass is 10.3. The van der Waals surface area contributed by atoms with E-state index in [4.69, 9.17) is 5.11 Å². The summed E-state index contributed by atoms with van der Waals surface area (Å²) in [6.07, 6.45) is 3.88. The Kier molecular flexibility index (Phi) is 3.37. The Bertz CT molecular complexity index is 679. The molecule has 2 aromatic rings. The number of aromatic nitrogens is 2. The van der Waals surface area contributed by atoms with Crippen LogP contribution in [0.2, 0.25) is 0 Å². The van der Waals surface area contributed by atoms with E-state index in [1.54, 1.807) is 6.07 Å². The summed E-state index contributed by atoms with van der Waals surface area (Å²) < 4.78 is 0.818. The minimum Gasteiger partial charge on any atom is -0.478 e. The molecule has 0 atom stereocenters. The molecular weight excluding hydrogens is 250 g/mol. The predicted molar refractivity (Wildman–Crippen MR) is 65.6 cm³/mol. The fourth-order valence-corrected chi connectivity index (χ4v) is 1.37. The van der Waals surface area contributed by atoms with E-state index in [0.29, 0.717) is 0 Å². The number of amides is 1. The monoisotopic (exact) mass is 259 g/mol. The predicted octanol–water partition coefficient (Wildman–Crippen LogP) is 0.325. The summed E-state index contributed by atoms with van der Waals surface area (Å²) in [7, 11) is 0. The molecule has 0 unspecified atom stereocenters. The molecule has 2 aromatic heterocycles. The molecule has 0 aliphatic rings. The topological polar surface area (TPSA) is 101 Å². The lowest BCUT2D eigenvalue weighted by Gasteiger charge is -2.08. The molecule has 0 bridgehead atoms. The second-order valence-electron chi connectivity index (χ2n) is 3.61. The highest BCUT2D eigenvalue weighted by Crippen LogP contribution is 1.98. The number of rotatable bonds is 3. The third-order valence-corrected chi connectivity index (χ3v) is 2.30. The van der Waals surface area contributed by atoms with Crippen molar-refractivity contribution in [3.05, 3.63) is 64.3 Å². The summed E-state index contributed by atoms with van der Waals surface area (Å²) in [5, 5.41) is 8.81. The molecule has 2 rings (SSSR count). The van der Waals surface area contributed by atoms with Crippen LogP contribution in [0.5, 0.6) is 0 Å². The van der Waals surface area contributed by atoms with Crippen molar-refractivity contribution < 1.29 is 14.7 Å². The number of nitrogens with one attached hydrogen (secondary N) is 1. The van der Waals surface area contributed by atoms with Crippen molar-refractivity contribution in [1.29, 1.82) is 0 Å². The lowest BCUT2D eigenvalue weighted by Crippen LogP contribution is -2.33. The number of carbonyl (C=O) groups is 2. The van der Waals surface area contributed by atoms with Crippen molar-refractivity contribution >= 4 is 11.9 Å². The first kappa shape index (κ1) is 12.5. The van der Waals surface area contributed by atoms with E-state index in [9.17, 15) is 14.4 Å². The van der Waals surface area contributed by atoms with Gasteiger partial charge in [-0.05, 0) is 18.2 Å². The van der Waals surface area contributed by atoms with Crippen LogP contribution >= 0.6 is 0 Å². The number of aromatic carboxylic acids is 1. The largest absolute Gasteiger partial charge is 0.478 e. The molecule has 2 heterocycles. The fourth-order valence-electron chi connectivity index (χ4n) is 1.37. The van der Waals surface area contributed by atoms with Crippen molar-refractivity contribution in [1.82, 2.24) is 9.66 Å². The Hall–Kier alpha value is -2.96. The highest BCUT2D eigenvalue weighted by atomic mass is 16.4. The average molecular weight is 259 g/mol. The molecule has 0 aliphatic heterocycles. The van der Waals surface area contributed by atoms with E-state index < -0.39 is 17.4 Å². The van der Waals surface area contributed by atoms with Gasteiger partial charge in [-0.25, -0.2) is 9.47 Å². The molecule has 96 valence electrons. The second kappa shape index (κ2) is 5.13. The second-order valence-corrected chi connectivity index (χ2v) is 3.61. The molecule has 7 heteroatoms. The number of pyridine rings is 2. The van der Waals surface area contributed by atoms with Gasteiger partial charge < -0.3 is 5.11 Å². The smallest absolute Gasteiger partial charge is 0.337 e. The van der Waals surface area contributed by atoms with Crippen LogP contribution in [0.4, 0.5) is 0 Å². The molecule has 2 N–H and O–H groups in total. The Labute approximate surface area is 107 Å². The molecule has 0 radical (unpaired) electrons. The van der Waals surface area contributed by atoms with E-state index in [1.807, 2.05) is 0 Å². The lowest BCUT2D eigenvalue weighted by molar-refractivity contribution is 0.0695. The summed E-state index contributed by atoms with van der Waals surface area (Å²) in [6.45, 7) is 0. The fraction of sp³-hybridized carbons (Fsp3) is 0. The van der Waals surface area contributed by atoms with E-state index in [0.717, 1.165) is 23.0 Å². The maximum atomic E-state index is 11.8. The zero-order chi connectivity index (χ0) is 13.8. The number of hydrogen-bond donors (Lipinski definition) is 2. The summed E-state index contributed by atoms with van der Waals surface area (Å²) in [6, 6.07) is 5.32. The van der Waals surface area contributed by atoms with Crippen molar-refractivity contribution in [2.75, 3.05) is 5.43 Å². The van der Waals surface area contributed by atoms with Crippen LogP contribution in [0.25, 0.3) is 0 Å². The van der Waals surface area contributed by atoms with Gasteiger partial charge in [-0.3, -0.25) is 20.0 Å². The first-order valence-corrected chi connectivity index (χ1v) is 5.25. The molecule has 7 nitrogen and oxygen atoms in total. The van der Waals surface area contributed by atoms with Crippen LogP contribution in [0, 0.1) is 0 Å². The van der Waals surface area contributed by atoms with Crippen molar-refractivity contribution in [2.45, 2.75) is 0 Å². The van der Waals surface area contributed by atoms with Gasteiger partial charge in [0.25, 0.3) is 11.5 Å². The van der Waals surface area contributed by atoms with Crippen LogP contribution in [-0.2, 0) is 0 Å². The van der Waals surface area contributed by atoms with Crippen molar-refractivity contribution in [3.63, 3.8) is 0 Å². The zero-order valence-corrected chi connectivity index (χ0v) is 9.61. The number of hydrogen-bond acceptors (Lipinski definition) is 4. The third kappa shape index (κ3) is 2.83. The molecule has 0 spiro atoms. The molecule has 0 saturated heterocycles. The van der Waals surface area contributed by atoms with Gasteiger partial charge in [0.2, 0.25) is 0 Å². The van der Waals surface area contributed by atoms with E-state index in [1.165, 1.54) is 18.5 Å². The molecule has 19 heavy (non-hydrogen) atoms. The average Bonchev–Trinajstić information content (AvgIpc) is 2.42. The minimum absolute atomic E-state index is 0.105. The van der Waals surface area contributed by atoms with Crippen LogP contribution in [0.15, 0.2) is 47.7 Å². The SMILES string of the molecule is O=C(O)c1ccc(=O)n(NC(=O)c2cccnc2)c1. The molecule has 0 saturated carbocycles. The Morgan fingerprint density at radius 1 is 1.21 bits per heavy atom. The van der Waals surface area contributed by atoms with Crippen molar-refractivity contribution in [2.24, 2.45) is 0 Å². The van der Waals surface area contributed by atoms with Gasteiger partial charge in [0, 0.05) is 24.7 Å². The molecule has 1 amide bonds. The first-order valence-electron chi connectivity index (χ1n) is 5.25. The number of nitrogens with zero attached hydrogens (tertiary/aromatic N) is 2. The van der Waals surface area contributed by atoms with Gasteiger partial charge in [-0.2, -0.15) is 0 Å².